The summed E-state index contributed by atoms with van der Waals surface area (Å²) in [5.74, 6) is 0.229. The number of rotatable bonds is 4. The zero-order chi connectivity index (χ0) is 22.0. The Bertz CT molecular complexity index is 1140. The van der Waals surface area contributed by atoms with Crippen LogP contribution < -0.4 is 14.4 Å². The molecule has 0 spiro atoms. The van der Waals surface area contributed by atoms with Crippen molar-refractivity contribution in [2.24, 2.45) is 11.8 Å². The highest BCUT2D eigenvalue weighted by Gasteiger charge is 2.63. The summed E-state index contributed by atoms with van der Waals surface area (Å²) in [5.41, 5.74) is 2.49. The number of carbonyl (C=O) groups is 2. The van der Waals surface area contributed by atoms with E-state index in [1.807, 2.05) is 36.4 Å². The van der Waals surface area contributed by atoms with Crippen LogP contribution in [0.15, 0.2) is 48.5 Å². The number of para-hydroxylation sites is 1. The fraction of sp³-hybridized carbons (Fsp3) is 0.360. The third kappa shape index (κ3) is 2.61. The Morgan fingerprint density at radius 3 is 2.72 bits per heavy atom. The first kappa shape index (κ1) is 19.5. The zero-order valence-electron chi connectivity index (χ0n) is 17.8. The smallest absolute Gasteiger partial charge is 0.218 e. The van der Waals surface area contributed by atoms with Gasteiger partial charge in [-0.05, 0) is 29.8 Å². The van der Waals surface area contributed by atoms with E-state index in [4.69, 9.17) is 18.9 Å². The van der Waals surface area contributed by atoms with Gasteiger partial charge in [0.15, 0.2) is 23.1 Å². The number of nitrogens with zero attached hydrogens (tertiary/aromatic N) is 1. The van der Waals surface area contributed by atoms with Crippen LogP contribution in [0.5, 0.6) is 11.5 Å². The van der Waals surface area contributed by atoms with E-state index in [-0.39, 0.29) is 35.5 Å². The molecule has 0 aromatic heterocycles. The fourth-order valence-electron chi connectivity index (χ4n) is 5.74. The molecule has 2 aromatic rings. The number of hydrogen-bond donors (Lipinski definition) is 0. The monoisotopic (exact) mass is 433 g/mol. The SMILES string of the molecule is COc1ccc(C(=O)[C@H]2[C@H]3[C@H](C(=O)[C@@H]4OC[C@@H]3O4)[C@H]3C=Cc4ccccc4N32)cc1OC. The Hall–Kier alpha value is -3.16. The molecule has 3 fully saturated rings. The van der Waals surface area contributed by atoms with Gasteiger partial charge in [0.2, 0.25) is 6.29 Å². The van der Waals surface area contributed by atoms with Crippen molar-refractivity contribution in [3.05, 3.63) is 59.7 Å². The molecule has 7 nitrogen and oxygen atoms in total. The fourth-order valence-corrected chi connectivity index (χ4v) is 5.74. The first-order valence-corrected chi connectivity index (χ1v) is 10.7. The van der Waals surface area contributed by atoms with Crippen LogP contribution in [0.25, 0.3) is 6.08 Å². The van der Waals surface area contributed by atoms with Crippen LogP contribution in [0, 0.1) is 11.8 Å². The van der Waals surface area contributed by atoms with Crippen LogP contribution in [0.3, 0.4) is 0 Å². The molecule has 4 heterocycles. The zero-order valence-corrected chi connectivity index (χ0v) is 17.8. The van der Waals surface area contributed by atoms with Crippen LogP contribution in [0.2, 0.25) is 0 Å². The number of hydrogen-bond acceptors (Lipinski definition) is 7. The van der Waals surface area contributed by atoms with E-state index < -0.39 is 12.3 Å². The van der Waals surface area contributed by atoms with Crippen molar-refractivity contribution in [3.8, 4) is 11.5 Å². The number of carbonyl (C=O) groups excluding carboxylic acids is 2. The number of ketones is 2. The lowest BCUT2D eigenvalue weighted by atomic mass is 9.77. The number of fused-ring (bicyclic) bond motifs is 8. The van der Waals surface area contributed by atoms with Gasteiger partial charge in [0, 0.05) is 17.2 Å². The third-order valence-corrected chi connectivity index (χ3v) is 7.09. The van der Waals surface area contributed by atoms with Crippen LogP contribution in [0.4, 0.5) is 5.69 Å². The Morgan fingerprint density at radius 2 is 1.91 bits per heavy atom. The van der Waals surface area contributed by atoms with Crippen molar-refractivity contribution in [3.63, 3.8) is 0 Å². The minimum Gasteiger partial charge on any atom is -0.493 e. The largest absolute Gasteiger partial charge is 0.493 e. The van der Waals surface area contributed by atoms with Crippen LogP contribution >= 0.6 is 0 Å². The van der Waals surface area contributed by atoms with Gasteiger partial charge in [0.1, 0.15) is 0 Å². The summed E-state index contributed by atoms with van der Waals surface area (Å²) in [4.78, 5) is 29.4. The van der Waals surface area contributed by atoms with Crippen molar-refractivity contribution in [1.82, 2.24) is 0 Å². The summed E-state index contributed by atoms with van der Waals surface area (Å²) >= 11 is 0. The molecule has 0 N–H and O–H groups in total. The van der Waals surface area contributed by atoms with Gasteiger partial charge >= 0.3 is 0 Å². The summed E-state index contributed by atoms with van der Waals surface area (Å²) in [7, 11) is 3.10. The molecule has 0 radical (unpaired) electrons. The molecular weight excluding hydrogens is 410 g/mol. The number of Topliss-reactive ketones (excluding diaryl/α,β-unsaturated/α-hetero) is 2. The van der Waals surface area contributed by atoms with Crippen molar-refractivity contribution in [1.29, 1.82) is 0 Å². The molecular formula is C25H23NO6. The van der Waals surface area contributed by atoms with Crippen molar-refractivity contribution < 1.29 is 28.5 Å². The summed E-state index contributed by atoms with van der Waals surface area (Å²) in [6.45, 7) is 0.319. The van der Waals surface area contributed by atoms with E-state index in [9.17, 15) is 9.59 Å². The second-order valence-corrected chi connectivity index (χ2v) is 8.54. The summed E-state index contributed by atoms with van der Waals surface area (Å²) in [6.07, 6.45) is 2.96. The molecule has 0 aliphatic carbocycles. The number of benzene rings is 2. The average Bonchev–Trinajstić information content (AvgIpc) is 3.43. The maximum atomic E-state index is 14.0. The molecule has 7 heteroatoms. The molecule has 6 rings (SSSR count). The normalized spacial score (nSPS) is 31.7. The molecule has 6 atom stereocenters. The second-order valence-electron chi connectivity index (χ2n) is 8.54. The van der Waals surface area contributed by atoms with Gasteiger partial charge in [-0.2, -0.15) is 0 Å². The average molecular weight is 433 g/mol. The lowest BCUT2D eigenvalue weighted by molar-refractivity contribution is -0.163. The topological polar surface area (TPSA) is 74.3 Å². The first-order valence-electron chi connectivity index (χ1n) is 10.7. The highest BCUT2D eigenvalue weighted by molar-refractivity contribution is 6.05. The molecule has 0 saturated carbocycles. The van der Waals surface area contributed by atoms with Crippen molar-refractivity contribution in [2.45, 2.75) is 24.5 Å². The Kier molecular flexibility index (Phi) is 4.38. The molecule has 32 heavy (non-hydrogen) atoms. The highest BCUT2D eigenvalue weighted by Crippen LogP contribution is 2.51. The van der Waals surface area contributed by atoms with Gasteiger partial charge in [0.05, 0.1) is 44.9 Å². The van der Waals surface area contributed by atoms with E-state index in [1.54, 1.807) is 32.4 Å². The minimum atomic E-state index is -0.830. The van der Waals surface area contributed by atoms with Crippen molar-refractivity contribution in [2.75, 3.05) is 25.7 Å². The third-order valence-electron chi connectivity index (χ3n) is 7.09. The predicted molar refractivity (Wildman–Crippen MR) is 116 cm³/mol. The van der Waals surface area contributed by atoms with Crippen LogP contribution in [-0.4, -0.2) is 56.9 Å². The second kappa shape index (κ2) is 7.18. The number of anilines is 1. The van der Waals surface area contributed by atoms with Gasteiger partial charge in [-0.15, -0.1) is 0 Å². The lowest BCUT2D eigenvalue weighted by Gasteiger charge is -2.35. The Balaban J connectivity index is 1.49. The molecule has 0 unspecified atom stereocenters. The van der Waals surface area contributed by atoms with E-state index in [2.05, 4.69) is 4.90 Å². The van der Waals surface area contributed by atoms with Gasteiger partial charge in [-0.3, -0.25) is 9.59 Å². The molecule has 0 amide bonds. The molecule has 4 aliphatic rings. The maximum absolute atomic E-state index is 14.0. The van der Waals surface area contributed by atoms with E-state index in [0.717, 1.165) is 11.3 Å². The molecule has 2 aromatic carbocycles. The molecule has 164 valence electrons. The molecule has 2 bridgehead atoms. The minimum absolute atomic E-state index is 0.0738. The Morgan fingerprint density at radius 1 is 1.09 bits per heavy atom. The van der Waals surface area contributed by atoms with Crippen LogP contribution in [-0.2, 0) is 14.3 Å². The van der Waals surface area contributed by atoms with Gasteiger partial charge in [0.25, 0.3) is 0 Å². The molecule has 3 saturated heterocycles. The summed E-state index contributed by atoms with van der Waals surface area (Å²) in [5, 5.41) is 0. The maximum Gasteiger partial charge on any atom is 0.218 e. The lowest BCUT2D eigenvalue weighted by Crippen LogP contribution is -2.48. The number of ether oxygens (including phenoxy) is 4. The molecule has 4 aliphatic heterocycles. The summed E-state index contributed by atoms with van der Waals surface area (Å²) < 4.78 is 22.3. The predicted octanol–water partition coefficient (Wildman–Crippen LogP) is 2.73. The summed E-state index contributed by atoms with van der Waals surface area (Å²) in [6, 6.07) is 12.4. The van der Waals surface area contributed by atoms with Crippen molar-refractivity contribution >= 4 is 23.3 Å². The first-order chi connectivity index (χ1) is 15.6. The van der Waals surface area contributed by atoms with E-state index >= 15 is 0 Å². The van der Waals surface area contributed by atoms with E-state index in [1.165, 1.54) is 0 Å². The van der Waals surface area contributed by atoms with E-state index in [0.29, 0.717) is 23.7 Å². The van der Waals surface area contributed by atoms with Gasteiger partial charge in [-0.25, -0.2) is 0 Å². The van der Waals surface area contributed by atoms with Crippen LogP contribution in [0.1, 0.15) is 15.9 Å². The highest BCUT2D eigenvalue weighted by atomic mass is 16.7. The number of methoxy groups -OCH3 is 2. The van der Waals surface area contributed by atoms with Gasteiger partial charge < -0.3 is 23.8 Å². The standard InChI is InChI=1S/C25H23NO6/c1-29-17-10-8-14(11-18(17)30-2)23(27)22-21-19-12-31-25(32-19)24(28)20(21)16-9-7-13-5-3-4-6-15(13)26(16)22/h3-11,16,19-22,25H,12H2,1-2H3/t16-,19+,20-,21-,22-,25-/m1/s1. The Labute approximate surface area is 185 Å². The van der Waals surface area contributed by atoms with Gasteiger partial charge in [-0.1, -0.05) is 30.4 Å². The quantitative estimate of drug-likeness (QED) is 0.687.